The van der Waals surface area contributed by atoms with E-state index >= 15 is 0 Å². The van der Waals surface area contributed by atoms with E-state index in [0.717, 1.165) is 5.52 Å². The molecule has 0 unspecified atom stereocenters. The zero-order valence-corrected chi connectivity index (χ0v) is 9.64. The standard InChI is InChI=1S/C11H12ClFN2/c1-11(2,3)15-8-6-4-5-7(13)9(8)14-10(15)12/h4-6H,1-3H3. The van der Waals surface area contributed by atoms with Crippen LogP contribution in [0, 0.1) is 5.82 Å². The number of para-hydroxylation sites is 1. The molecule has 4 heteroatoms. The Morgan fingerprint density at radius 3 is 2.60 bits per heavy atom. The van der Waals surface area contributed by atoms with Gasteiger partial charge in [0.15, 0.2) is 5.82 Å². The van der Waals surface area contributed by atoms with Crippen LogP contribution in [0.5, 0.6) is 0 Å². The summed E-state index contributed by atoms with van der Waals surface area (Å²) in [6.07, 6.45) is 0. The number of nitrogens with zero attached hydrogens (tertiary/aromatic N) is 2. The highest BCUT2D eigenvalue weighted by Crippen LogP contribution is 2.28. The second kappa shape index (κ2) is 3.20. The third-order valence-corrected chi connectivity index (χ3v) is 2.52. The number of imidazole rings is 1. The van der Waals surface area contributed by atoms with Crippen LogP contribution in [0.1, 0.15) is 20.8 Å². The molecular formula is C11H12ClFN2. The van der Waals surface area contributed by atoms with Crippen LogP contribution in [-0.2, 0) is 5.54 Å². The average molecular weight is 227 g/mol. The quantitative estimate of drug-likeness (QED) is 0.671. The highest BCUT2D eigenvalue weighted by Gasteiger charge is 2.21. The topological polar surface area (TPSA) is 17.8 Å². The fraction of sp³-hybridized carbons (Fsp3) is 0.364. The molecule has 2 aromatic rings. The lowest BCUT2D eigenvalue weighted by molar-refractivity contribution is 0.409. The molecule has 2 rings (SSSR count). The van der Waals surface area contributed by atoms with Gasteiger partial charge >= 0.3 is 0 Å². The third kappa shape index (κ3) is 1.61. The van der Waals surface area contributed by atoms with E-state index in [9.17, 15) is 4.39 Å². The lowest BCUT2D eigenvalue weighted by Gasteiger charge is -2.22. The summed E-state index contributed by atoms with van der Waals surface area (Å²) >= 11 is 6.01. The van der Waals surface area contributed by atoms with Crippen molar-refractivity contribution in [1.29, 1.82) is 0 Å². The van der Waals surface area contributed by atoms with E-state index in [1.54, 1.807) is 6.07 Å². The Hall–Kier alpha value is -1.09. The Morgan fingerprint density at radius 2 is 2.00 bits per heavy atom. The van der Waals surface area contributed by atoms with Gasteiger partial charge in [0, 0.05) is 5.54 Å². The molecule has 0 spiro atoms. The minimum atomic E-state index is -0.336. The molecule has 15 heavy (non-hydrogen) atoms. The minimum Gasteiger partial charge on any atom is -0.309 e. The molecule has 0 bridgehead atoms. The van der Waals surface area contributed by atoms with Crippen molar-refractivity contribution in [3.05, 3.63) is 29.3 Å². The third-order valence-electron chi connectivity index (χ3n) is 2.27. The molecule has 0 aliphatic rings. The van der Waals surface area contributed by atoms with Gasteiger partial charge in [-0.05, 0) is 44.5 Å². The molecule has 0 saturated heterocycles. The molecule has 1 aromatic carbocycles. The van der Waals surface area contributed by atoms with Crippen LogP contribution < -0.4 is 0 Å². The van der Waals surface area contributed by atoms with Crippen molar-refractivity contribution < 1.29 is 4.39 Å². The van der Waals surface area contributed by atoms with E-state index in [1.807, 2.05) is 31.4 Å². The summed E-state index contributed by atoms with van der Waals surface area (Å²) in [7, 11) is 0. The number of aromatic nitrogens is 2. The average Bonchev–Trinajstić information content (AvgIpc) is 2.41. The molecule has 0 radical (unpaired) electrons. The number of hydrogen-bond acceptors (Lipinski definition) is 1. The Bertz CT molecular complexity index is 511. The van der Waals surface area contributed by atoms with E-state index < -0.39 is 0 Å². The van der Waals surface area contributed by atoms with Gasteiger partial charge < -0.3 is 4.57 Å². The maximum atomic E-state index is 13.4. The van der Waals surface area contributed by atoms with Gasteiger partial charge in [-0.15, -0.1) is 0 Å². The summed E-state index contributed by atoms with van der Waals surface area (Å²) in [5, 5.41) is 0.322. The summed E-state index contributed by atoms with van der Waals surface area (Å²) in [5.74, 6) is -0.336. The lowest BCUT2D eigenvalue weighted by Crippen LogP contribution is -2.21. The fourth-order valence-corrected chi connectivity index (χ4v) is 2.10. The van der Waals surface area contributed by atoms with Crippen molar-refractivity contribution in [2.24, 2.45) is 0 Å². The number of rotatable bonds is 0. The Balaban J connectivity index is 2.86. The Morgan fingerprint density at radius 1 is 1.33 bits per heavy atom. The first kappa shape index (κ1) is 10.4. The monoisotopic (exact) mass is 226 g/mol. The van der Waals surface area contributed by atoms with Gasteiger partial charge in [-0.3, -0.25) is 0 Å². The van der Waals surface area contributed by atoms with Gasteiger partial charge in [0.05, 0.1) is 5.52 Å². The van der Waals surface area contributed by atoms with Gasteiger partial charge in [-0.2, -0.15) is 0 Å². The number of halogens is 2. The van der Waals surface area contributed by atoms with Gasteiger partial charge in [-0.25, -0.2) is 9.37 Å². The molecule has 0 aliphatic heterocycles. The molecule has 0 N–H and O–H groups in total. The van der Waals surface area contributed by atoms with Gasteiger partial charge in [0.2, 0.25) is 5.28 Å². The molecular weight excluding hydrogens is 215 g/mol. The molecule has 1 heterocycles. The predicted octanol–water partition coefficient (Wildman–Crippen LogP) is 3.58. The molecule has 80 valence electrons. The van der Waals surface area contributed by atoms with E-state index in [1.165, 1.54) is 6.07 Å². The molecule has 0 amide bonds. The van der Waals surface area contributed by atoms with Crippen molar-refractivity contribution in [3.8, 4) is 0 Å². The van der Waals surface area contributed by atoms with Crippen molar-refractivity contribution in [2.45, 2.75) is 26.3 Å². The number of fused-ring (bicyclic) bond motifs is 1. The second-order valence-corrected chi connectivity index (χ2v) is 4.83. The van der Waals surface area contributed by atoms with Gasteiger partial charge in [0.25, 0.3) is 0 Å². The van der Waals surface area contributed by atoms with E-state index in [2.05, 4.69) is 4.98 Å². The number of hydrogen-bond donors (Lipinski definition) is 0. The molecule has 0 atom stereocenters. The van der Waals surface area contributed by atoms with Crippen LogP contribution >= 0.6 is 11.6 Å². The van der Waals surface area contributed by atoms with Crippen molar-refractivity contribution in [2.75, 3.05) is 0 Å². The molecule has 0 saturated carbocycles. The van der Waals surface area contributed by atoms with Crippen LogP contribution in [-0.4, -0.2) is 9.55 Å². The molecule has 1 aromatic heterocycles. The lowest BCUT2D eigenvalue weighted by atomic mass is 10.1. The first-order chi connectivity index (χ1) is 6.91. The summed E-state index contributed by atoms with van der Waals surface area (Å²) < 4.78 is 15.3. The van der Waals surface area contributed by atoms with Gasteiger partial charge in [0.1, 0.15) is 5.52 Å². The minimum absolute atomic E-state index is 0.209. The molecule has 0 aliphatic carbocycles. The highest BCUT2D eigenvalue weighted by atomic mass is 35.5. The van der Waals surface area contributed by atoms with Crippen molar-refractivity contribution in [3.63, 3.8) is 0 Å². The van der Waals surface area contributed by atoms with Crippen molar-refractivity contribution >= 4 is 22.6 Å². The maximum Gasteiger partial charge on any atom is 0.204 e. The second-order valence-electron chi connectivity index (χ2n) is 4.49. The smallest absolute Gasteiger partial charge is 0.204 e. The van der Waals surface area contributed by atoms with Crippen LogP contribution in [0.25, 0.3) is 11.0 Å². The van der Waals surface area contributed by atoms with E-state index in [4.69, 9.17) is 11.6 Å². The normalized spacial score (nSPS) is 12.3. The molecule has 2 nitrogen and oxygen atoms in total. The van der Waals surface area contributed by atoms with E-state index in [-0.39, 0.29) is 11.4 Å². The summed E-state index contributed by atoms with van der Waals surface area (Å²) in [4.78, 5) is 4.03. The van der Waals surface area contributed by atoms with Crippen LogP contribution in [0.4, 0.5) is 4.39 Å². The molecule has 0 fully saturated rings. The summed E-state index contributed by atoms with van der Waals surface area (Å²) in [6, 6.07) is 4.87. The summed E-state index contributed by atoms with van der Waals surface area (Å²) in [6.45, 7) is 6.01. The van der Waals surface area contributed by atoms with Crippen molar-refractivity contribution in [1.82, 2.24) is 9.55 Å². The predicted molar refractivity (Wildman–Crippen MR) is 59.7 cm³/mol. The number of benzene rings is 1. The zero-order chi connectivity index (χ0) is 11.2. The zero-order valence-electron chi connectivity index (χ0n) is 8.88. The largest absolute Gasteiger partial charge is 0.309 e. The SMILES string of the molecule is CC(C)(C)n1c(Cl)nc2c(F)cccc21. The first-order valence-corrected chi connectivity index (χ1v) is 5.12. The fourth-order valence-electron chi connectivity index (χ4n) is 1.67. The Labute approximate surface area is 92.7 Å². The van der Waals surface area contributed by atoms with Crippen LogP contribution in [0.3, 0.4) is 0 Å². The Kier molecular flexibility index (Phi) is 2.23. The van der Waals surface area contributed by atoms with E-state index in [0.29, 0.717) is 10.8 Å². The highest BCUT2D eigenvalue weighted by molar-refractivity contribution is 6.29. The van der Waals surface area contributed by atoms with Gasteiger partial charge in [-0.1, -0.05) is 6.07 Å². The van der Waals surface area contributed by atoms with Crippen LogP contribution in [0.2, 0.25) is 5.28 Å². The van der Waals surface area contributed by atoms with Crippen LogP contribution in [0.15, 0.2) is 18.2 Å². The maximum absolute atomic E-state index is 13.4. The summed E-state index contributed by atoms with van der Waals surface area (Å²) in [5.41, 5.74) is 0.851. The first-order valence-electron chi connectivity index (χ1n) is 4.74.